The van der Waals surface area contributed by atoms with Crippen LogP contribution in [0.1, 0.15) is 12.5 Å². The van der Waals surface area contributed by atoms with Crippen LogP contribution in [0.5, 0.6) is 0 Å². The molecule has 0 heterocycles. The van der Waals surface area contributed by atoms with Crippen molar-refractivity contribution in [2.75, 3.05) is 6.26 Å². The minimum atomic E-state index is -4.30. The Bertz CT molecular complexity index is 770. The number of sulfonamides is 2. The van der Waals surface area contributed by atoms with E-state index in [1.54, 1.807) is 6.07 Å². The number of benzene rings is 1. The van der Waals surface area contributed by atoms with Crippen molar-refractivity contribution in [3.63, 3.8) is 0 Å². The largest absolute Gasteiger partial charge is 1.00 e. The van der Waals surface area contributed by atoms with Crippen molar-refractivity contribution in [1.29, 1.82) is 0 Å². The van der Waals surface area contributed by atoms with E-state index < -0.39 is 26.0 Å². The third-order valence-corrected chi connectivity index (χ3v) is 4.88. The van der Waals surface area contributed by atoms with E-state index >= 15 is 0 Å². The molecule has 0 aliphatic heterocycles. The molecule has 1 rings (SSSR count). The smallest absolute Gasteiger partial charge is 0.432 e. The number of carbonyl (C=O) groups excluding carboxylic acids is 1. The third kappa shape index (κ3) is 6.72. The predicted molar refractivity (Wildman–Crippen MR) is 74.7 cm³/mol. The molecule has 0 saturated carbocycles. The van der Waals surface area contributed by atoms with Gasteiger partial charge in [0.2, 0.25) is 5.91 Å². The van der Waals surface area contributed by atoms with Gasteiger partial charge in [-0.15, -0.1) is 0 Å². The van der Waals surface area contributed by atoms with E-state index in [-0.39, 0.29) is 40.0 Å². The third-order valence-electron chi connectivity index (χ3n) is 2.16. The van der Waals surface area contributed by atoms with Gasteiger partial charge >= 0.3 is 29.6 Å². The van der Waals surface area contributed by atoms with Crippen LogP contribution in [0.3, 0.4) is 0 Å². The summed E-state index contributed by atoms with van der Waals surface area (Å²) in [6.07, 6.45) is 2.08. The van der Waals surface area contributed by atoms with Gasteiger partial charge in [-0.2, -0.15) is 0 Å². The molecule has 110 valence electrons. The molecule has 0 aliphatic rings. The first-order valence-electron chi connectivity index (χ1n) is 5.29. The average molecular weight is 340 g/mol. The molecule has 21 heavy (non-hydrogen) atoms. The summed E-state index contributed by atoms with van der Waals surface area (Å²) in [6.45, 7) is 1.48. The predicted octanol–water partition coefficient (Wildman–Crippen LogP) is -2.40. The normalized spacial score (nSPS) is 12.6. The Hall–Kier alpha value is -0.710. The first-order valence-corrected chi connectivity index (χ1v) is 8.57. The molecule has 2 N–H and O–H groups in total. The zero-order chi connectivity index (χ0) is 15.6. The number of hydrogen-bond donors (Lipinski definition) is 1. The molecule has 0 radical (unpaired) electrons. The number of primary amides is 1. The van der Waals surface area contributed by atoms with Crippen LogP contribution in [-0.4, -0.2) is 29.0 Å². The standard InChI is InChI=1S/C11H13N2O5S2.Na/c1-8(11(12)14)6-9-4-3-5-10(7-9)20(17,18)13-19(2,15)16;/h3-7H,1-2H3,(H2,12,14);/q-1;+1. The van der Waals surface area contributed by atoms with E-state index in [1.807, 2.05) is 0 Å². The molecular weight excluding hydrogens is 327 g/mol. The van der Waals surface area contributed by atoms with E-state index in [0.717, 1.165) is 0 Å². The minimum Gasteiger partial charge on any atom is -0.432 e. The maximum absolute atomic E-state index is 11.8. The van der Waals surface area contributed by atoms with Crippen LogP contribution in [0.2, 0.25) is 0 Å². The molecule has 1 aromatic carbocycles. The zero-order valence-electron chi connectivity index (χ0n) is 11.8. The van der Waals surface area contributed by atoms with Crippen molar-refractivity contribution in [2.45, 2.75) is 11.8 Å². The van der Waals surface area contributed by atoms with Crippen molar-refractivity contribution in [3.05, 3.63) is 39.5 Å². The number of amides is 1. The Morgan fingerprint density at radius 1 is 1.24 bits per heavy atom. The monoisotopic (exact) mass is 340 g/mol. The Morgan fingerprint density at radius 3 is 2.29 bits per heavy atom. The average Bonchev–Trinajstić information content (AvgIpc) is 2.26. The van der Waals surface area contributed by atoms with E-state index in [0.29, 0.717) is 11.8 Å². The van der Waals surface area contributed by atoms with Crippen molar-refractivity contribution in [1.82, 2.24) is 0 Å². The summed E-state index contributed by atoms with van der Waals surface area (Å²) in [4.78, 5) is 10.6. The van der Waals surface area contributed by atoms with Crippen LogP contribution >= 0.6 is 0 Å². The van der Waals surface area contributed by atoms with E-state index in [2.05, 4.69) is 4.13 Å². The van der Waals surface area contributed by atoms with Gasteiger partial charge < -0.3 is 9.86 Å². The second-order valence-electron chi connectivity index (χ2n) is 4.05. The van der Waals surface area contributed by atoms with Crippen molar-refractivity contribution in [3.8, 4) is 0 Å². The summed E-state index contributed by atoms with van der Waals surface area (Å²) in [5, 5.41) is 0. The summed E-state index contributed by atoms with van der Waals surface area (Å²) < 4.78 is 48.2. The van der Waals surface area contributed by atoms with Crippen LogP contribution in [0, 0.1) is 0 Å². The molecule has 1 aromatic rings. The summed E-state index contributed by atoms with van der Waals surface area (Å²) in [6, 6.07) is 5.37. The molecule has 7 nitrogen and oxygen atoms in total. The summed E-state index contributed by atoms with van der Waals surface area (Å²) in [5.74, 6) is -0.640. The SMILES string of the molecule is CC(=Cc1cccc(S(=O)(=O)[N-]S(C)(=O)=O)c1)C(N)=O.[Na+]. The molecule has 1 amide bonds. The molecule has 0 atom stereocenters. The number of nitrogens with zero attached hydrogens (tertiary/aromatic N) is 1. The molecular formula is C11H13N2NaO5S2. The first-order chi connectivity index (χ1) is 9.01. The van der Waals surface area contributed by atoms with Crippen molar-refractivity contribution in [2.24, 2.45) is 5.73 Å². The van der Waals surface area contributed by atoms with Crippen LogP contribution in [0.15, 0.2) is 34.7 Å². The van der Waals surface area contributed by atoms with E-state index in [9.17, 15) is 21.6 Å². The van der Waals surface area contributed by atoms with Crippen molar-refractivity contribution >= 4 is 32.0 Å². The van der Waals surface area contributed by atoms with E-state index in [4.69, 9.17) is 5.73 Å². The van der Waals surface area contributed by atoms with Gasteiger partial charge in [0, 0.05) is 16.7 Å². The topological polar surface area (TPSA) is 125 Å². The van der Waals surface area contributed by atoms with Gasteiger partial charge in [-0.1, -0.05) is 12.1 Å². The maximum atomic E-state index is 11.8. The quantitative estimate of drug-likeness (QED) is 0.472. The number of rotatable bonds is 5. The van der Waals surface area contributed by atoms with Gasteiger partial charge in [0.15, 0.2) is 0 Å². The number of hydrogen-bond acceptors (Lipinski definition) is 5. The van der Waals surface area contributed by atoms with Crippen LogP contribution in [0.4, 0.5) is 0 Å². The summed E-state index contributed by atoms with van der Waals surface area (Å²) in [7, 11) is -8.34. The zero-order valence-corrected chi connectivity index (χ0v) is 15.4. The Morgan fingerprint density at radius 2 is 1.81 bits per heavy atom. The second kappa shape index (κ2) is 7.52. The molecule has 0 spiro atoms. The van der Waals surface area contributed by atoms with Gasteiger partial charge in [0.05, 0.1) is 10.0 Å². The van der Waals surface area contributed by atoms with E-state index in [1.165, 1.54) is 31.2 Å². The first kappa shape index (κ1) is 20.3. The minimum absolute atomic E-state index is 0. The fourth-order valence-corrected chi connectivity index (χ4v) is 3.61. The second-order valence-corrected chi connectivity index (χ2v) is 7.53. The van der Waals surface area contributed by atoms with Gasteiger partial charge in [-0.05, 0) is 30.7 Å². The van der Waals surface area contributed by atoms with Gasteiger partial charge in [0.1, 0.15) is 10.0 Å². The summed E-state index contributed by atoms with van der Waals surface area (Å²) in [5.41, 5.74) is 5.70. The molecule has 10 heteroatoms. The Labute approximate surface area is 146 Å². The number of nitrogens with two attached hydrogens (primary N) is 1. The molecule has 0 fully saturated rings. The van der Waals surface area contributed by atoms with Crippen LogP contribution < -0.4 is 35.3 Å². The van der Waals surface area contributed by atoms with Gasteiger partial charge in [0.25, 0.3) is 0 Å². The van der Waals surface area contributed by atoms with Crippen molar-refractivity contribution < 1.29 is 51.2 Å². The maximum Gasteiger partial charge on any atom is 1.00 e. The molecule has 0 aromatic heterocycles. The Kier molecular flexibility index (Phi) is 7.27. The van der Waals surface area contributed by atoms with Gasteiger partial charge in [-0.3, -0.25) is 4.79 Å². The molecule has 0 saturated heterocycles. The van der Waals surface area contributed by atoms with Crippen LogP contribution in [0.25, 0.3) is 10.2 Å². The molecule has 0 aliphatic carbocycles. The summed E-state index contributed by atoms with van der Waals surface area (Å²) >= 11 is 0. The fourth-order valence-electron chi connectivity index (χ4n) is 1.31. The number of carbonyl (C=O) groups is 1. The molecule has 0 bridgehead atoms. The molecule has 0 unspecified atom stereocenters. The van der Waals surface area contributed by atoms with Crippen LogP contribution in [-0.2, 0) is 24.8 Å². The van der Waals surface area contributed by atoms with Gasteiger partial charge in [-0.25, -0.2) is 16.8 Å². The Balaban J connectivity index is 0.00000400. The fraction of sp³-hybridized carbons (Fsp3) is 0.182.